The molecule has 0 aliphatic carbocycles. The predicted molar refractivity (Wildman–Crippen MR) is 74.4 cm³/mol. The van der Waals surface area contributed by atoms with Crippen LogP contribution in [0.2, 0.25) is 0 Å². The summed E-state index contributed by atoms with van der Waals surface area (Å²) >= 11 is 0. The topological polar surface area (TPSA) is 64.3 Å². The second-order valence-electron chi connectivity index (χ2n) is 4.69. The van der Waals surface area contributed by atoms with E-state index in [9.17, 15) is 4.79 Å². The number of ether oxygens (including phenoxy) is 1. The number of carbonyl (C=O) groups is 1. The van der Waals surface area contributed by atoms with Gasteiger partial charge in [-0.15, -0.1) is 0 Å². The van der Waals surface area contributed by atoms with Crippen LogP contribution >= 0.6 is 0 Å². The van der Waals surface area contributed by atoms with Crippen molar-refractivity contribution in [3.05, 3.63) is 47.5 Å². The third-order valence-electron chi connectivity index (χ3n) is 3.08. The largest absolute Gasteiger partial charge is 0.455 e. The molecule has 19 heavy (non-hydrogen) atoms. The van der Waals surface area contributed by atoms with Gasteiger partial charge < -0.3 is 15.8 Å². The molecule has 0 unspecified atom stereocenters. The van der Waals surface area contributed by atoms with Crippen molar-refractivity contribution in [2.45, 2.75) is 13.3 Å². The maximum atomic E-state index is 11.3. The van der Waals surface area contributed by atoms with Gasteiger partial charge in [-0.25, -0.2) is 0 Å². The molecule has 1 amide bonds. The van der Waals surface area contributed by atoms with Crippen LogP contribution in [0.25, 0.3) is 0 Å². The Bertz CT molecular complexity index is 665. The average Bonchev–Trinajstić information content (AvgIpc) is 2.69. The molecule has 2 aromatic carbocycles. The van der Waals surface area contributed by atoms with Gasteiger partial charge in [0.25, 0.3) is 0 Å². The molecule has 4 heteroatoms. The number of aryl methyl sites for hydroxylation is 1. The molecule has 1 aliphatic rings. The van der Waals surface area contributed by atoms with E-state index in [4.69, 9.17) is 10.5 Å². The Kier molecular flexibility index (Phi) is 2.63. The maximum absolute atomic E-state index is 11.3. The molecule has 0 saturated heterocycles. The van der Waals surface area contributed by atoms with Crippen molar-refractivity contribution in [1.82, 2.24) is 0 Å². The summed E-state index contributed by atoms with van der Waals surface area (Å²) in [6.45, 7) is 2.00. The Morgan fingerprint density at radius 2 is 2.11 bits per heavy atom. The van der Waals surface area contributed by atoms with Crippen molar-refractivity contribution in [3.8, 4) is 11.5 Å². The second kappa shape index (κ2) is 4.31. The van der Waals surface area contributed by atoms with E-state index in [-0.39, 0.29) is 5.91 Å². The fraction of sp³-hybridized carbons (Fsp3) is 0.133. The molecule has 4 nitrogen and oxygen atoms in total. The zero-order valence-corrected chi connectivity index (χ0v) is 10.6. The van der Waals surface area contributed by atoms with E-state index in [1.54, 1.807) is 12.1 Å². The zero-order chi connectivity index (χ0) is 13.4. The quantitative estimate of drug-likeness (QED) is 0.810. The molecular weight excluding hydrogens is 240 g/mol. The number of nitrogen functional groups attached to an aromatic ring is 1. The van der Waals surface area contributed by atoms with Crippen molar-refractivity contribution in [3.63, 3.8) is 0 Å². The number of carbonyl (C=O) groups excluding carboxylic acids is 1. The SMILES string of the molecule is Cc1cccc(Oc2cc3c(cc2N)CC(=O)N3)c1. The van der Waals surface area contributed by atoms with Gasteiger partial charge in [-0.3, -0.25) is 4.79 Å². The first-order chi connectivity index (χ1) is 9.11. The van der Waals surface area contributed by atoms with Crippen molar-refractivity contribution in [2.75, 3.05) is 11.1 Å². The molecule has 0 aromatic heterocycles. The fourth-order valence-electron chi connectivity index (χ4n) is 2.17. The molecule has 2 aromatic rings. The van der Waals surface area contributed by atoms with Crippen LogP contribution in [0.4, 0.5) is 11.4 Å². The monoisotopic (exact) mass is 254 g/mol. The van der Waals surface area contributed by atoms with Gasteiger partial charge in [0.2, 0.25) is 5.91 Å². The average molecular weight is 254 g/mol. The molecule has 1 aliphatic heterocycles. The van der Waals surface area contributed by atoms with Crippen LogP contribution in [0, 0.1) is 6.92 Å². The van der Waals surface area contributed by atoms with Crippen molar-refractivity contribution < 1.29 is 9.53 Å². The Labute approximate surface area is 111 Å². The summed E-state index contributed by atoms with van der Waals surface area (Å²) in [7, 11) is 0. The predicted octanol–water partition coefficient (Wildman–Crippen LogP) is 2.86. The Balaban J connectivity index is 1.94. The molecule has 0 fully saturated rings. The minimum atomic E-state index is -0.0119. The highest BCUT2D eigenvalue weighted by Gasteiger charge is 2.19. The number of rotatable bonds is 2. The lowest BCUT2D eigenvalue weighted by Gasteiger charge is -2.11. The molecular formula is C15H14N2O2. The van der Waals surface area contributed by atoms with Crippen molar-refractivity contribution >= 4 is 17.3 Å². The lowest BCUT2D eigenvalue weighted by atomic mass is 10.1. The minimum Gasteiger partial charge on any atom is -0.455 e. The van der Waals surface area contributed by atoms with E-state index in [0.29, 0.717) is 17.9 Å². The van der Waals surface area contributed by atoms with Gasteiger partial charge in [-0.2, -0.15) is 0 Å². The van der Waals surface area contributed by atoms with Crippen LogP contribution in [-0.2, 0) is 11.2 Å². The molecule has 0 atom stereocenters. The number of benzene rings is 2. The zero-order valence-electron chi connectivity index (χ0n) is 10.6. The number of hydrogen-bond donors (Lipinski definition) is 2. The first kappa shape index (κ1) is 11.6. The Morgan fingerprint density at radius 1 is 1.26 bits per heavy atom. The molecule has 1 heterocycles. The normalized spacial score (nSPS) is 13.0. The second-order valence-corrected chi connectivity index (χ2v) is 4.69. The number of nitrogens with one attached hydrogen (secondary N) is 1. The van der Waals surface area contributed by atoms with Gasteiger partial charge in [-0.05, 0) is 36.2 Å². The molecule has 0 radical (unpaired) electrons. The van der Waals surface area contributed by atoms with E-state index in [0.717, 1.165) is 22.6 Å². The van der Waals surface area contributed by atoms with Crippen LogP contribution in [0.3, 0.4) is 0 Å². The van der Waals surface area contributed by atoms with Gasteiger partial charge in [0, 0.05) is 11.8 Å². The lowest BCUT2D eigenvalue weighted by Crippen LogP contribution is -2.03. The van der Waals surface area contributed by atoms with E-state index >= 15 is 0 Å². The Hall–Kier alpha value is -2.49. The number of fused-ring (bicyclic) bond motifs is 1. The number of anilines is 2. The number of amides is 1. The minimum absolute atomic E-state index is 0.0119. The first-order valence-electron chi connectivity index (χ1n) is 6.08. The van der Waals surface area contributed by atoms with E-state index < -0.39 is 0 Å². The highest BCUT2D eigenvalue weighted by atomic mass is 16.5. The van der Waals surface area contributed by atoms with Crippen molar-refractivity contribution in [1.29, 1.82) is 0 Å². The summed E-state index contributed by atoms with van der Waals surface area (Å²) in [6.07, 6.45) is 0.379. The summed E-state index contributed by atoms with van der Waals surface area (Å²) in [4.78, 5) is 11.3. The smallest absolute Gasteiger partial charge is 0.228 e. The first-order valence-corrected chi connectivity index (χ1v) is 6.08. The number of nitrogens with two attached hydrogens (primary N) is 1. The standard InChI is InChI=1S/C15H14N2O2/c1-9-3-2-4-11(5-9)19-14-8-13-10(6-12(14)16)7-15(18)17-13/h2-6,8H,7,16H2,1H3,(H,17,18). The van der Waals surface area contributed by atoms with Gasteiger partial charge in [-0.1, -0.05) is 12.1 Å². The Morgan fingerprint density at radius 3 is 2.89 bits per heavy atom. The number of hydrogen-bond acceptors (Lipinski definition) is 3. The molecule has 0 spiro atoms. The van der Waals surface area contributed by atoms with Gasteiger partial charge in [0.05, 0.1) is 12.1 Å². The van der Waals surface area contributed by atoms with Gasteiger partial charge in [0.1, 0.15) is 5.75 Å². The molecule has 0 saturated carbocycles. The van der Waals surface area contributed by atoms with Crippen molar-refractivity contribution in [2.24, 2.45) is 0 Å². The summed E-state index contributed by atoms with van der Waals surface area (Å²) in [5.74, 6) is 1.28. The van der Waals surface area contributed by atoms with Crippen LogP contribution < -0.4 is 15.8 Å². The molecule has 3 N–H and O–H groups in total. The van der Waals surface area contributed by atoms with Crippen LogP contribution in [0.15, 0.2) is 36.4 Å². The van der Waals surface area contributed by atoms with Crippen LogP contribution in [-0.4, -0.2) is 5.91 Å². The molecule has 0 bridgehead atoms. The third-order valence-corrected chi connectivity index (χ3v) is 3.08. The van der Waals surface area contributed by atoms with Crippen LogP contribution in [0.1, 0.15) is 11.1 Å². The highest BCUT2D eigenvalue weighted by molar-refractivity contribution is 6.00. The summed E-state index contributed by atoms with van der Waals surface area (Å²) in [5.41, 5.74) is 9.31. The highest BCUT2D eigenvalue weighted by Crippen LogP contribution is 2.35. The van der Waals surface area contributed by atoms with E-state index in [1.807, 2.05) is 31.2 Å². The van der Waals surface area contributed by atoms with E-state index in [1.165, 1.54) is 0 Å². The summed E-state index contributed by atoms with van der Waals surface area (Å²) < 4.78 is 5.77. The maximum Gasteiger partial charge on any atom is 0.228 e. The molecule has 3 rings (SSSR count). The van der Waals surface area contributed by atoms with E-state index in [2.05, 4.69) is 5.32 Å². The summed E-state index contributed by atoms with van der Waals surface area (Å²) in [6, 6.07) is 11.3. The van der Waals surface area contributed by atoms with Gasteiger partial charge in [0.15, 0.2) is 5.75 Å². The third kappa shape index (κ3) is 2.25. The molecule has 96 valence electrons. The fourth-order valence-corrected chi connectivity index (χ4v) is 2.17. The summed E-state index contributed by atoms with van der Waals surface area (Å²) in [5, 5.41) is 2.79. The van der Waals surface area contributed by atoms with Gasteiger partial charge >= 0.3 is 0 Å². The van der Waals surface area contributed by atoms with Crippen LogP contribution in [0.5, 0.6) is 11.5 Å². The lowest BCUT2D eigenvalue weighted by molar-refractivity contribution is -0.115.